The maximum atomic E-state index is 12.3. The van der Waals surface area contributed by atoms with E-state index in [4.69, 9.17) is 16.0 Å². The highest BCUT2D eigenvalue weighted by molar-refractivity contribution is 6.18. The van der Waals surface area contributed by atoms with Crippen molar-refractivity contribution in [2.75, 3.05) is 12.4 Å². The van der Waals surface area contributed by atoms with Crippen molar-refractivity contribution in [3.63, 3.8) is 0 Å². The van der Waals surface area contributed by atoms with Crippen LogP contribution in [0.3, 0.4) is 0 Å². The molecule has 1 aromatic heterocycles. The minimum Gasteiger partial charge on any atom is -0.469 e. The average molecular weight is 256 g/mol. The highest BCUT2D eigenvalue weighted by Gasteiger charge is 2.27. The van der Waals surface area contributed by atoms with Crippen molar-refractivity contribution in [3.8, 4) is 0 Å². The van der Waals surface area contributed by atoms with Gasteiger partial charge in [0.15, 0.2) is 0 Å². The maximum Gasteiger partial charge on any atom is 0.257 e. The van der Waals surface area contributed by atoms with Gasteiger partial charge in [-0.05, 0) is 25.8 Å². The van der Waals surface area contributed by atoms with Gasteiger partial charge in [0.2, 0.25) is 0 Å². The van der Waals surface area contributed by atoms with E-state index in [1.54, 1.807) is 6.07 Å². The van der Waals surface area contributed by atoms with Crippen molar-refractivity contribution in [3.05, 3.63) is 23.7 Å². The van der Waals surface area contributed by atoms with Crippen molar-refractivity contribution in [1.29, 1.82) is 0 Å². The van der Waals surface area contributed by atoms with Crippen LogP contribution in [0, 0.1) is 6.92 Å². The summed E-state index contributed by atoms with van der Waals surface area (Å²) in [4.78, 5) is 14.2. The summed E-state index contributed by atoms with van der Waals surface area (Å²) in [5.74, 6) is 1.30. The molecule has 2 rings (SSSR count). The van der Waals surface area contributed by atoms with Crippen molar-refractivity contribution in [2.45, 2.75) is 38.6 Å². The quantitative estimate of drug-likeness (QED) is 0.774. The molecule has 0 atom stereocenters. The largest absolute Gasteiger partial charge is 0.469 e. The Kier molecular flexibility index (Phi) is 4.11. The van der Waals surface area contributed by atoms with Gasteiger partial charge in [0.1, 0.15) is 12.0 Å². The second-order valence-electron chi connectivity index (χ2n) is 4.57. The maximum absolute atomic E-state index is 12.3. The lowest BCUT2D eigenvalue weighted by atomic mass is 10.1. The van der Waals surface area contributed by atoms with Gasteiger partial charge in [-0.2, -0.15) is 0 Å². The van der Waals surface area contributed by atoms with E-state index in [1.165, 1.54) is 19.1 Å². The van der Waals surface area contributed by atoms with E-state index >= 15 is 0 Å². The monoisotopic (exact) mass is 255 g/mol. The number of carbonyl (C=O) groups is 1. The number of aryl methyl sites for hydroxylation is 1. The minimum atomic E-state index is 0.0504. The normalized spacial score (nSPS) is 16.4. The molecule has 1 heterocycles. The molecular weight excluding hydrogens is 238 g/mol. The Morgan fingerprint density at radius 1 is 1.53 bits per heavy atom. The number of alkyl halides is 1. The first-order valence-electron chi connectivity index (χ1n) is 6.14. The number of halogens is 1. The fraction of sp³-hybridized carbons (Fsp3) is 0.615. The van der Waals surface area contributed by atoms with Crippen molar-refractivity contribution in [2.24, 2.45) is 0 Å². The molecule has 4 heteroatoms. The molecule has 3 nitrogen and oxygen atoms in total. The molecule has 1 aromatic rings. The molecule has 1 aliphatic carbocycles. The van der Waals surface area contributed by atoms with Crippen LogP contribution < -0.4 is 0 Å². The molecule has 0 radical (unpaired) electrons. The summed E-state index contributed by atoms with van der Waals surface area (Å²) in [5, 5.41) is 0. The molecule has 1 saturated carbocycles. The highest BCUT2D eigenvalue weighted by Crippen LogP contribution is 2.25. The zero-order valence-electron chi connectivity index (χ0n) is 10.1. The van der Waals surface area contributed by atoms with Crippen LogP contribution in [0.2, 0.25) is 0 Å². The Hall–Kier alpha value is -0.960. The SMILES string of the molecule is Cc1cc(C(=O)N(CCCl)C2CCCC2)co1. The molecule has 0 aliphatic heterocycles. The van der Waals surface area contributed by atoms with Crippen LogP contribution in [0.1, 0.15) is 41.8 Å². The molecule has 1 amide bonds. The average Bonchev–Trinajstić information content (AvgIpc) is 2.95. The molecule has 17 heavy (non-hydrogen) atoms. The number of rotatable bonds is 4. The van der Waals surface area contributed by atoms with E-state index < -0.39 is 0 Å². The van der Waals surface area contributed by atoms with E-state index in [2.05, 4.69) is 0 Å². The number of hydrogen-bond donors (Lipinski definition) is 0. The fourth-order valence-electron chi connectivity index (χ4n) is 2.48. The topological polar surface area (TPSA) is 33.5 Å². The van der Waals surface area contributed by atoms with Crippen LogP contribution in [-0.4, -0.2) is 29.3 Å². The predicted molar refractivity (Wildman–Crippen MR) is 67.5 cm³/mol. The molecule has 1 aliphatic rings. The van der Waals surface area contributed by atoms with Gasteiger partial charge in [-0.1, -0.05) is 12.8 Å². The number of furan rings is 1. The summed E-state index contributed by atoms with van der Waals surface area (Å²) in [6, 6.07) is 2.15. The smallest absolute Gasteiger partial charge is 0.257 e. The first-order chi connectivity index (χ1) is 8.22. The van der Waals surface area contributed by atoms with Gasteiger partial charge in [0.25, 0.3) is 5.91 Å². The zero-order chi connectivity index (χ0) is 12.3. The van der Waals surface area contributed by atoms with E-state index in [0.29, 0.717) is 24.0 Å². The van der Waals surface area contributed by atoms with Gasteiger partial charge >= 0.3 is 0 Å². The number of amides is 1. The molecule has 0 saturated heterocycles. The van der Waals surface area contributed by atoms with E-state index in [1.807, 2.05) is 11.8 Å². The highest BCUT2D eigenvalue weighted by atomic mass is 35.5. The summed E-state index contributed by atoms with van der Waals surface area (Å²) in [5.41, 5.74) is 0.638. The summed E-state index contributed by atoms with van der Waals surface area (Å²) < 4.78 is 5.20. The van der Waals surface area contributed by atoms with Crippen LogP contribution >= 0.6 is 11.6 Å². The predicted octanol–water partition coefficient (Wildman–Crippen LogP) is 3.21. The molecule has 0 spiro atoms. The number of nitrogens with zero attached hydrogens (tertiary/aromatic N) is 1. The Balaban J connectivity index is 2.12. The van der Waals surface area contributed by atoms with Crippen LogP contribution in [0.5, 0.6) is 0 Å². The molecule has 0 N–H and O–H groups in total. The summed E-state index contributed by atoms with van der Waals surface area (Å²) in [6.07, 6.45) is 6.15. The molecule has 1 fully saturated rings. The van der Waals surface area contributed by atoms with Crippen LogP contribution in [-0.2, 0) is 0 Å². The lowest BCUT2D eigenvalue weighted by Crippen LogP contribution is -2.40. The third kappa shape index (κ3) is 2.83. The Morgan fingerprint density at radius 2 is 2.24 bits per heavy atom. The van der Waals surface area contributed by atoms with Gasteiger partial charge in [0.05, 0.1) is 5.56 Å². The van der Waals surface area contributed by atoms with Gasteiger partial charge in [0, 0.05) is 18.5 Å². The molecule has 0 aromatic carbocycles. The van der Waals surface area contributed by atoms with Gasteiger partial charge in [-0.3, -0.25) is 4.79 Å². The second kappa shape index (κ2) is 5.58. The van der Waals surface area contributed by atoms with Crippen molar-refractivity contribution >= 4 is 17.5 Å². The zero-order valence-corrected chi connectivity index (χ0v) is 10.9. The summed E-state index contributed by atoms with van der Waals surface area (Å²) >= 11 is 5.79. The van der Waals surface area contributed by atoms with Gasteiger partial charge < -0.3 is 9.32 Å². The third-order valence-corrected chi connectivity index (χ3v) is 3.50. The van der Waals surface area contributed by atoms with Gasteiger partial charge in [-0.15, -0.1) is 11.6 Å². The Labute approximate surface area is 107 Å². The first-order valence-corrected chi connectivity index (χ1v) is 6.68. The summed E-state index contributed by atoms with van der Waals surface area (Å²) in [7, 11) is 0. The van der Waals surface area contributed by atoms with Gasteiger partial charge in [-0.25, -0.2) is 0 Å². The third-order valence-electron chi connectivity index (χ3n) is 3.33. The molecule has 0 bridgehead atoms. The Bertz CT molecular complexity index is 383. The lowest BCUT2D eigenvalue weighted by Gasteiger charge is -2.27. The summed E-state index contributed by atoms with van der Waals surface area (Å²) in [6.45, 7) is 2.47. The Morgan fingerprint density at radius 3 is 2.76 bits per heavy atom. The number of hydrogen-bond acceptors (Lipinski definition) is 2. The van der Waals surface area contributed by atoms with Crippen LogP contribution in [0.4, 0.5) is 0 Å². The molecular formula is C13H18ClNO2. The molecule has 0 unspecified atom stereocenters. The van der Waals surface area contributed by atoms with Crippen molar-refractivity contribution in [1.82, 2.24) is 4.90 Å². The minimum absolute atomic E-state index is 0.0504. The second-order valence-corrected chi connectivity index (χ2v) is 4.95. The van der Waals surface area contributed by atoms with Crippen LogP contribution in [0.15, 0.2) is 16.7 Å². The van der Waals surface area contributed by atoms with E-state index in [9.17, 15) is 4.79 Å². The number of carbonyl (C=O) groups excluding carboxylic acids is 1. The standard InChI is InChI=1S/C13H18ClNO2/c1-10-8-11(9-17-10)13(16)15(7-6-14)12-4-2-3-5-12/h8-9,12H,2-7H2,1H3. The van der Waals surface area contributed by atoms with E-state index in [0.717, 1.165) is 18.6 Å². The van der Waals surface area contributed by atoms with Crippen molar-refractivity contribution < 1.29 is 9.21 Å². The van der Waals surface area contributed by atoms with E-state index in [-0.39, 0.29) is 5.91 Å². The lowest BCUT2D eigenvalue weighted by molar-refractivity contribution is 0.0694. The first kappa shape index (κ1) is 12.5. The fourth-order valence-corrected chi connectivity index (χ4v) is 2.66. The van der Waals surface area contributed by atoms with Crippen LogP contribution in [0.25, 0.3) is 0 Å². The molecule has 94 valence electrons.